The van der Waals surface area contributed by atoms with Crippen LogP contribution in [-0.4, -0.2) is 71.6 Å². The van der Waals surface area contributed by atoms with E-state index in [4.69, 9.17) is 9.47 Å². The highest BCUT2D eigenvalue weighted by Gasteiger charge is 2.34. The Morgan fingerprint density at radius 2 is 1.21 bits per heavy atom. The summed E-state index contributed by atoms with van der Waals surface area (Å²) in [6.07, 6.45) is -1.02. The zero-order chi connectivity index (χ0) is 41.2. The topological polar surface area (TPSA) is 172 Å². The predicted octanol–water partition coefficient (Wildman–Crippen LogP) is 4.66. The molecule has 0 aliphatic carbocycles. The van der Waals surface area contributed by atoms with E-state index in [0.717, 1.165) is 16.7 Å². The molecule has 304 valence electrons. The first kappa shape index (κ1) is 45.2. The quantitative estimate of drug-likeness (QED) is 0.0918. The van der Waals surface area contributed by atoms with Crippen molar-refractivity contribution in [3.05, 3.63) is 102 Å². The summed E-state index contributed by atoms with van der Waals surface area (Å²) in [5.41, 5.74) is 2.35. The minimum atomic E-state index is -1.36. The lowest BCUT2D eigenvalue weighted by atomic mass is 9.95. The molecule has 0 fully saturated rings. The highest BCUT2D eigenvalue weighted by molar-refractivity contribution is 5.91. The van der Waals surface area contributed by atoms with Crippen LogP contribution in [-0.2, 0) is 48.2 Å². The van der Waals surface area contributed by atoms with Gasteiger partial charge in [0.15, 0.2) is 0 Å². The molecule has 0 bridgehead atoms. The Labute approximate surface area is 331 Å². The third-order valence-electron chi connectivity index (χ3n) is 9.58. The number of nitrogens with one attached hydrogen (secondary N) is 4. The first-order chi connectivity index (χ1) is 26.7. The number of aliphatic hydroxyl groups is 1. The van der Waals surface area contributed by atoms with E-state index in [-0.39, 0.29) is 43.1 Å². The summed E-state index contributed by atoms with van der Waals surface area (Å²) in [6, 6.07) is 21.8. The summed E-state index contributed by atoms with van der Waals surface area (Å²) in [5.74, 6) is -2.88. The Bertz CT molecular complexity index is 1700. The van der Waals surface area contributed by atoms with Crippen LogP contribution in [0.4, 0.5) is 0 Å². The molecule has 0 radical (unpaired) electrons. The Kier molecular flexibility index (Phi) is 18.5. The van der Waals surface area contributed by atoms with Crippen molar-refractivity contribution < 1.29 is 38.6 Å². The summed E-state index contributed by atoms with van der Waals surface area (Å²) in [5, 5.41) is 22.8. The molecule has 0 saturated heterocycles. The summed E-state index contributed by atoms with van der Waals surface area (Å²) >= 11 is 0. The van der Waals surface area contributed by atoms with E-state index in [2.05, 4.69) is 21.3 Å². The Balaban J connectivity index is 1.71. The Hall–Kier alpha value is -5.23. The van der Waals surface area contributed by atoms with Gasteiger partial charge in [-0.15, -0.1) is 0 Å². The molecule has 3 aromatic rings. The van der Waals surface area contributed by atoms with Gasteiger partial charge in [-0.2, -0.15) is 0 Å². The molecule has 0 spiro atoms. The fraction of sp³-hybridized carbons (Fsp3) is 0.477. The number of carbonyl (C=O) groups excluding carboxylic acids is 5. The molecule has 12 heteroatoms. The minimum absolute atomic E-state index is 0.0331. The van der Waals surface area contributed by atoms with Crippen molar-refractivity contribution in [1.29, 1.82) is 0 Å². The number of rotatable bonds is 22. The third kappa shape index (κ3) is 14.8. The van der Waals surface area contributed by atoms with Crippen LogP contribution < -0.4 is 26.0 Å². The number of ether oxygens (including phenoxy) is 2. The Morgan fingerprint density at radius 1 is 0.643 bits per heavy atom. The van der Waals surface area contributed by atoms with Crippen LogP contribution >= 0.6 is 0 Å². The van der Waals surface area contributed by atoms with Crippen molar-refractivity contribution in [2.75, 3.05) is 6.61 Å². The van der Waals surface area contributed by atoms with Gasteiger partial charge in [0.25, 0.3) is 0 Å². The van der Waals surface area contributed by atoms with Gasteiger partial charge in [-0.05, 0) is 59.9 Å². The maximum atomic E-state index is 13.8. The summed E-state index contributed by atoms with van der Waals surface area (Å²) in [7, 11) is 0. The number of hydrogen-bond donors (Lipinski definition) is 5. The van der Waals surface area contributed by atoms with Gasteiger partial charge in [0.2, 0.25) is 23.6 Å². The lowest BCUT2D eigenvalue weighted by Gasteiger charge is -2.30. The maximum Gasteiger partial charge on any atom is 0.329 e. The molecule has 6 atom stereocenters. The smallest absolute Gasteiger partial charge is 0.329 e. The zero-order valence-electron chi connectivity index (χ0n) is 33.7. The average Bonchev–Trinajstić information content (AvgIpc) is 3.17. The van der Waals surface area contributed by atoms with Gasteiger partial charge in [-0.1, -0.05) is 121 Å². The van der Waals surface area contributed by atoms with Crippen molar-refractivity contribution >= 4 is 29.6 Å². The number of amides is 4. The molecule has 0 aliphatic heterocycles. The molecule has 5 N–H and O–H groups in total. The van der Waals surface area contributed by atoms with Crippen molar-refractivity contribution in [1.82, 2.24) is 21.3 Å². The van der Waals surface area contributed by atoms with Crippen molar-refractivity contribution in [3.63, 3.8) is 0 Å². The molecule has 4 amide bonds. The number of benzene rings is 3. The van der Waals surface area contributed by atoms with Gasteiger partial charge in [-0.25, -0.2) is 4.79 Å². The van der Waals surface area contributed by atoms with Crippen LogP contribution in [0.15, 0.2) is 84.9 Å². The van der Waals surface area contributed by atoms with Crippen LogP contribution in [0.5, 0.6) is 5.75 Å². The third-order valence-corrected chi connectivity index (χ3v) is 9.58. The first-order valence-electron chi connectivity index (χ1n) is 19.6. The van der Waals surface area contributed by atoms with Gasteiger partial charge < -0.3 is 35.8 Å². The second-order valence-corrected chi connectivity index (χ2v) is 14.9. The SMILES string of the molecule is CCOc1cccc(CC(=O)N[C@H](C(=O)N[C@@H](Cc2ccccc2)[C@@H](O)CC(=O)N[C@H](C(=O)N[C@H](C(=O)OCc2ccccc2)C(C)C)[C@@H](C)CC)C(C)C)c1. The molecule has 3 aromatic carbocycles. The molecule has 0 unspecified atom stereocenters. The van der Waals surface area contributed by atoms with Crippen molar-refractivity contribution in [2.45, 2.75) is 111 Å². The van der Waals surface area contributed by atoms with E-state index in [0.29, 0.717) is 18.8 Å². The molecular formula is C44H60N4O8. The number of carbonyl (C=O) groups is 5. The molecule has 56 heavy (non-hydrogen) atoms. The molecule has 3 rings (SSSR count). The number of hydrogen-bond acceptors (Lipinski definition) is 8. The summed E-state index contributed by atoms with van der Waals surface area (Å²) in [4.78, 5) is 67.2. The van der Waals surface area contributed by atoms with Crippen molar-refractivity contribution in [3.8, 4) is 5.75 Å². The Morgan fingerprint density at radius 3 is 1.80 bits per heavy atom. The van der Waals surface area contributed by atoms with Gasteiger partial charge >= 0.3 is 5.97 Å². The lowest BCUT2D eigenvalue weighted by molar-refractivity contribution is -0.150. The van der Waals surface area contributed by atoms with E-state index in [1.807, 2.05) is 107 Å². The average molecular weight is 773 g/mol. The molecule has 0 aliphatic rings. The van der Waals surface area contributed by atoms with Gasteiger partial charge in [0.05, 0.1) is 31.6 Å². The van der Waals surface area contributed by atoms with Crippen molar-refractivity contribution in [2.24, 2.45) is 17.8 Å². The van der Waals surface area contributed by atoms with Gasteiger partial charge in [0, 0.05) is 0 Å². The zero-order valence-corrected chi connectivity index (χ0v) is 33.7. The number of esters is 1. The first-order valence-corrected chi connectivity index (χ1v) is 19.6. The molecule has 0 heterocycles. The second kappa shape index (κ2) is 23.0. The second-order valence-electron chi connectivity index (χ2n) is 14.9. The highest BCUT2D eigenvalue weighted by Crippen LogP contribution is 2.16. The van der Waals surface area contributed by atoms with E-state index < -0.39 is 60.4 Å². The van der Waals surface area contributed by atoms with E-state index in [9.17, 15) is 29.1 Å². The van der Waals surface area contributed by atoms with E-state index in [1.54, 1.807) is 26.0 Å². The van der Waals surface area contributed by atoms with Crippen LogP contribution in [0, 0.1) is 17.8 Å². The fourth-order valence-corrected chi connectivity index (χ4v) is 6.11. The minimum Gasteiger partial charge on any atom is -0.494 e. The fourth-order valence-electron chi connectivity index (χ4n) is 6.11. The molecule has 0 aromatic heterocycles. The largest absolute Gasteiger partial charge is 0.494 e. The van der Waals surface area contributed by atoms with Crippen LogP contribution in [0.1, 0.15) is 78.0 Å². The van der Waals surface area contributed by atoms with Gasteiger partial charge in [-0.3, -0.25) is 19.2 Å². The van der Waals surface area contributed by atoms with Crippen LogP contribution in [0.2, 0.25) is 0 Å². The normalized spacial score (nSPS) is 14.4. The highest BCUT2D eigenvalue weighted by atomic mass is 16.5. The molecule has 0 saturated carbocycles. The lowest BCUT2D eigenvalue weighted by Crippen LogP contribution is -2.57. The standard InChI is InChI=1S/C44H60N4O8/c1-8-30(7)41(43(53)48-40(29(5)6)44(54)56-27-32-19-14-11-15-20-32)47-38(51)26-36(49)35(24-31-17-12-10-13-18-31)45-42(52)39(28(3)4)46-37(50)25-33-21-16-22-34(23-33)55-9-2/h10-23,28-30,35-36,39-41,49H,8-9,24-27H2,1-7H3,(H,45,52)(H,46,50)(H,47,51)(H,48,53)/t30-,35-,36-,39-,40-,41-/m0/s1. The van der Waals surface area contributed by atoms with Crippen LogP contribution in [0.3, 0.4) is 0 Å². The van der Waals surface area contributed by atoms with E-state index in [1.165, 1.54) is 0 Å². The monoisotopic (exact) mass is 772 g/mol. The van der Waals surface area contributed by atoms with Crippen LogP contribution in [0.25, 0.3) is 0 Å². The summed E-state index contributed by atoms with van der Waals surface area (Å²) < 4.78 is 11.1. The van der Waals surface area contributed by atoms with E-state index >= 15 is 0 Å². The molecular weight excluding hydrogens is 713 g/mol. The predicted molar refractivity (Wildman–Crippen MR) is 215 cm³/mol. The molecule has 12 nitrogen and oxygen atoms in total. The number of aliphatic hydroxyl groups excluding tert-OH is 1. The van der Waals surface area contributed by atoms with Gasteiger partial charge in [0.1, 0.15) is 30.5 Å². The summed E-state index contributed by atoms with van der Waals surface area (Å²) in [6.45, 7) is 13.3. The maximum absolute atomic E-state index is 13.8.